The molecule has 3 aromatic carbocycles. The minimum absolute atomic E-state index is 0.486. The minimum atomic E-state index is -0.528. The Morgan fingerprint density at radius 2 is 1.59 bits per heavy atom. The second-order valence-electron chi connectivity index (χ2n) is 7.05. The summed E-state index contributed by atoms with van der Waals surface area (Å²) in [6.45, 7) is 6.24. The lowest BCUT2D eigenvalue weighted by molar-refractivity contribution is 0.174. The Morgan fingerprint density at radius 1 is 0.862 bits per heavy atom. The zero-order chi connectivity index (χ0) is 20.5. The van der Waals surface area contributed by atoms with Crippen molar-refractivity contribution in [3.63, 3.8) is 0 Å². The quantitative estimate of drug-likeness (QED) is 0.521. The highest BCUT2D eigenvalue weighted by molar-refractivity contribution is 5.43. The molecule has 0 saturated heterocycles. The number of rotatable bonds is 10. The second-order valence-corrected chi connectivity index (χ2v) is 7.05. The van der Waals surface area contributed by atoms with Gasteiger partial charge in [-0.1, -0.05) is 66.2 Å². The van der Waals surface area contributed by atoms with Crippen LogP contribution in [0.5, 0.6) is 11.5 Å². The maximum Gasteiger partial charge on any atom is 0.161 e. The molecule has 3 aromatic rings. The van der Waals surface area contributed by atoms with Crippen molar-refractivity contribution in [1.82, 2.24) is 5.32 Å². The predicted octanol–water partition coefficient (Wildman–Crippen LogP) is 4.80. The molecule has 0 radical (unpaired) electrons. The highest BCUT2D eigenvalue weighted by Gasteiger charge is 2.09. The van der Waals surface area contributed by atoms with Gasteiger partial charge in [-0.2, -0.15) is 0 Å². The average Bonchev–Trinajstić information content (AvgIpc) is 2.75. The Labute approximate surface area is 173 Å². The van der Waals surface area contributed by atoms with Crippen molar-refractivity contribution in [3.05, 3.63) is 95.1 Å². The van der Waals surface area contributed by atoms with Gasteiger partial charge in [0.25, 0.3) is 0 Å². The third-order valence-electron chi connectivity index (χ3n) is 4.67. The number of hydrogen-bond acceptors (Lipinski definition) is 4. The van der Waals surface area contributed by atoms with Crippen LogP contribution in [0.25, 0.3) is 0 Å². The molecule has 2 N–H and O–H groups in total. The molecule has 0 spiro atoms. The van der Waals surface area contributed by atoms with Crippen molar-refractivity contribution in [1.29, 1.82) is 0 Å². The molecular formula is C25H29NO3. The van der Waals surface area contributed by atoms with E-state index >= 15 is 0 Å². The molecule has 0 amide bonds. The van der Waals surface area contributed by atoms with Gasteiger partial charge < -0.3 is 19.9 Å². The molecule has 0 aromatic heterocycles. The zero-order valence-electron chi connectivity index (χ0n) is 17.1. The second kappa shape index (κ2) is 10.6. The summed E-state index contributed by atoms with van der Waals surface area (Å²) in [5, 5.41) is 13.6. The highest BCUT2D eigenvalue weighted by Crippen LogP contribution is 2.29. The SMILES string of the molecule is CCOc1cc(CNC[C@H](O)c2ccccc2)ccc1OCc1ccc(C)cc1. The summed E-state index contributed by atoms with van der Waals surface area (Å²) >= 11 is 0. The van der Waals surface area contributed by atoms with Crippen LogP contribution in [0.2, 0.25) is 0 Å². The van der Waals surface area contributed by atoms with Crippen LogP contribution in [0.1, 0.15) is 35.3 Å². The summed E-state index contributed by atoms with van der Waals surface area (Å²) in [4.78, 5) is 0. The first-order valence-corrected chi connectivity index (χ1v) is 10.0. The molecule has 1 atom stereocenters. The maximum absolute atomic E-state index is 10.3. The molecule has 0 fully saturated rings. The zero-order valence-corrected chi connectivity index (χ0v) is 17.1. The standard InChI is InChI=1S/C25H29NO3/c1-3-28-25-15-21(16-26-17-23(27)22-7-5-4-6-8-22)13-14-24(25)29-18-20-11-9-19(2)10-12-20/h4-15,23,26-27H,3,16-18H2,1-2H3/t23-/m0/s1. The van der Waals surface area contributed by atoms with E-state index in [1.165, 1.54) is 5.56 Å². The van der Waals surface area contributed by atoms with Crippen LogP contribution in [0, 0.1) is 6.92 Å². The van der Waals surface area contributed by atoms with Crippen LogP contribution < -0.4 is 14.8 Å². The average molecular weight is 392 g/mol. The molecule has 0 aliphatic rings. The van der Waals surface area contributed by atoms with Crippen LogP contribution >= 0.6 is 0 Å². The largest absolute Gasteiger partial charge is 0.490 e. The minimum Gasteiger partial charge on any atom is -0.490 e. The van der Waals surface area contributed by atoms with Gasteiger partial charge in [-0.25, -0.2) is 0 Å². The lowest BCUT2D eigenvalue weighted by Gasteiger charge is -2.15. The first-order valence-electron chi connectivity index (χ1n) is 10.0. The van der Waals surface area contributed by atoms with E-state index in [-0.39, 0.29) is 0 Å². The normalized spacial score (nSPS) is 11.8. The summed E-state index contributed by atoms with van der Waals surface area (Å²) < 4.78 is 11.8. The number of hydrogen-bond donors (Lipinski definition) is 2. The Kier molecular flexibility index (Phi) is 7.68. The van der Waals surface area contributed by atoms with E-state index in [2.05, 4.69) is 36.5 Å². The smallest absolute Gasteiger partial charge is 0.161 e. The van der Waals surface area contributed by atoms with Crippen molar-refractivity contribution in [2.24, 2.45) is 0 Å². The number of nitrogens with one attached hydrogen (secondary N) is 1. The summed E-state index contributed by atoms with van der Waals surface area (Å²) in [7, 11) is 0. The monoisotopic (exact) mass is 391 g/mol. The highest BCUT2D eigenvalue weighted by atomic mass is 16.5. The van der Waals surface area contributed by atoms with Gasteiger partial charge in [0, 0.05) is 13.1 Å². The summed E-state index contributed by atoms with van der Waals surface area (Å²) in [5.74, 6) is 1.48. The molecule has 3 rings (SSSR count). The lowest BCUT2D eigenvalue weighted by atomic mass is 10.1. The van der Waals surface area contributed by atoms with E-state index in [4.69, 9.17) is 9.47 Å². The fourth-order valence-electron chi connectivity index (χ4n) is 3.04. The van der Waals surface area contributed by atoms with Crippen molar-refractivity contribution in [2.45, 2.75) is 33.1 Å². The number of aliphatic hydroxyl groups is 1. The third kappa shape index (κ3) is 6.34. The topological polar surface area (TPSA) is 50.7 Å². The van der Waals surface area contributed by atoms with E-state index in [0.717, 1.165) is 28.2 Å². The third-order valence-corrected chi connectivity index (χ3v) is 4.67. The van der Waals surface area contributed by atoms with Crippen molar-refractivity contribution in [2.75, 3.05) is 13.2 Å². The molecular weight excluding hydrogens is 362 g/mol. The predicted molar refractivity (Wildman–Crippen MR) is 116 cm³/mol. The van der Waals surface area contributed by atoms with Crippen molar-refractivity contribution >= 4 is 0 Å². The Balaban J connectivity index is 1.57. The van der Waals surface area contributed by atoms with Gasteiger partial charge in [-0.15, -0.1) is 0 Å². The first kappa shape index (κ1) is 20.9. The van der Waals surface area contributed by atoms with Crippen LogP contribution in [-0.4, -0.2) is 18.3 Å². The van der Waals surface area contributed by atoms with Crippen LogP contribution in [0.3, 0.4) is 0 Å². The molecule has 0 aliphatic carbocycles. The van der Waals surface area contributed by atoms with Gasteiger partial charge in [0.1, 0.15) is 6.61 Å². The molecule has 0 unspecified atom stereocenters. The fourth-order valence-corrected chi connectivity index (χ4v) is 3.04. The van der Waals surface area contributed by atoms with Gasteiger partial charge in [0.15, 0.2) is 11.5 Å². The van der Waals surface area contributed by atoms with E-state index in [1.807, 2.05) is 55.5 Å². The van der Waals surface area contributed by atoms with Crippen LogP contribution in [0.4, 0.5) is 0 Å². The molecule has 29 heavy (non-hydrogen) atoms. The van der Waals surface area contributed by atoms with Crippen molar-refractivity contribution < 1.29 is 14.6 Å². The molecule has 152 valence electrons. The Bertz CT molecular complexity index is 878. The van der Waals surface area contributed by atoms with E-state index in [9.17, 15) is 5.11 Å². The van der Waals surface area contributed by atoms with Gasteiger partial charge in [-0.05, 0) is 42.7 Å². The van der Waals surface area contributed by atoms with Gasteiger partial charge in [0.2, 0.25) is 0 Å². The summed E-state index contributed by atoms with van der Waals surface area (Å²) in [5.41, 5.74) is 4.35. The molecule has 0 bridgehead atoms. The number of aryl methyl sites for hydroxylation is 1. The number of benzene rings is 3. The van der Waals surface area contributed by atoms with Gasteiger partial charge >= 0.3 is 0 Å². The summed E-state index contributed by atoms with van der Waals surface area (Å²) in [6, 6.07) is 24.0. The van der Waals surface area contributed by atoms with Crippen LogP contribution in [-0.2, 0) is 13.2 Å². The molecule has 4 nitrogen and oxygen atoms in total. The number of ether oxygens (including phenoxy) is 2. The molecule has 0 saturated carbocycles. The maximum atomic E-state index is 10.3. The summed E-state index contributed by atoms with van der Waals surface area (Å²) in [6.07, 6.45) is -0.528. The Hall–Kier alpha value is -2.82. The molecule has 4 heteroatoms. The lowest BCUT2D eigenvalue weighted by Crippen LogP contribution is -2.21. The van der Waals surface area contributed by atoms with Gasteiger partial charge in [-0.3, -0.25) is 0 Å². The van der Waals surface area contributed by atoms with E-state index in [0.29, 0.717) is 26.3 Å². The van der Waals surface area contributed by atoms with E-state index in [1.54, 1.807) is 0 Å². The van der Waals surface area contributed by atoms with E-state index < -0.39 is 6.10 Å². The Morgan fingerprint density at radius 3 is 2.31 bits per heavy atom. The van der Waals surface area contributed by atoms with Crippen molar-refractivity contribution in [3.8, 4) is 11.5 Å². The van der Waals surface area contributed by atoms with Crippen LogP contribution in [0.15, 0.2) is 72.8 Å². The van der Waals surface area contributed by atoms with Gasteiger partial charge in [0.05, 0.1) is 12.7 Å². The first-order chi connectivity index (χ1) is 14.2. The molecule has 0 heterocycles. The molecule has 0 aliphatic heterocycles. The number of aliphatic hydroxyl groups excluding tert-OH is 1. The fraction of sp³-hybridized carbons (Fsp3) is 0.280.